The molecule has 7 nitrogen and oxygen atoms in total. The van der Waals surface area contributed by atoms with Gasteiger partial charge in [-0.1, -0.05) is 12.1 Å². The minimum atomic E-state index is -0.607. The number of aryl methyl sites for hydroxylation is 2. The van der Waals surface area contributed by atoms with Crippen LogP contribution in [-0.4, -0.2) is 31.9 Å². The van der Waals surface area contributed by atoms with E-state index in [9.17, 15) is 9.59 Å². The minimum Gasteiger partial charge on any atom is -0.482 e. The van der Waals surface area contributed by atoms with Crippen LogP contribution in [-0.2, 0) is 14.3 Å². The molecule has 1 amide bonds. The Bertz CT molecular complexity index is 879. The number of fused-ring (bicyclic) bond motifs is 1. The average Bonchev–Trinajstić information content (AvgIpc) is 3.15. The highest BCUT2D eigenvalue weighted by Crippen LogP contribution is 2.34. The van der Waals surface area contributed by atoms with Crippen LogP contribution in [0.3, 0.4) is 0 Å². The fraction of sp³-hybridized carbons (Fsp3) is 0.333. The molecule has 0 saturated carbocycles. The molecule has 28 heavy (non-hydrogen) atoms. The third-order valence-electron chi connectivity index (χ3n) is 4.47. The maximum absolute atomic E-state index is 12.0. The van der Waals surface area contributed by atoms with Gasteiger partial charge in [-0.3, -0.25) is 4.79 Å². The van der Waals surface area contributed by atoms with Gasteiger partial charge in [0.1, 0.15) is 5.75 Å². The van der Waals surface area contributed by atoms with Gasteiger partial charge in [0.2, 0.25) is 6.79 Å². The normalized spacial score (nSPS) is 13.0. The lowest BCUT2D eigenvalue weighted by Crippen LogP contribution is -2.31. The van der Waals surface area contributed by atoms with E-state index in [1.807, 2.05) is 45.0 Å². The van der Waals surface area contributed by atoms with Crippen molar-refractivity contribution in [3.63, 3.8) is 0 Å². The lowest BCUT2D eigenvalue weighted by molar-refractivity contribution is -0.150. The van der Waals surface area contributed by atoms with Gasteiger partial charge in [-0.2, -0.15) is 0 Å². The smallest absolute Gasteiger partial charge is 0.344 e. The van der Waals surface area contributed by atoms with Crippen molar-refractivity contribution in [2.45, 2.75) is 26.8 Å². The van der Waals surface area contributed by atoms with Crippen LogP contribution in [0.1, 0.15) is 29.7 Å². The van der Waals surface area contributed by atoms with Crippen molar-refractivity contribution in [2.75, 3.05) is 20.0 Å². The first-order chi connectivity index (χ1) is 13.4. The molecule has 0 fully saturated rings. The topological polar surface area (TPSA) is 83.1 Å². The van der Waals surface area contributed by atoms with Crippen LogP contribution >= 0.6 is 0 Å². The molecule has 0 aromatic heterocycles. The minimum absolute atomic E-state index is 0.194. The number of esters is 1. The number of carbonyl (C=O) groups excluding carboxylic acids is 2. The Labute approximate surface area is 163 Å². The first kappa shape index (κ1) is 19.5. The number of hydrogen-bond donors (Lipinski definition) is 1. The van der Waals surface area contributed by atoms with Crippen molar-refractivity contribution in [1.29, 1.82) is 0 Å². The van der Waals surface area contributed by atoms with Crippen LogP contribution in [0.5, 0.6) is 17.2 Å². The van der Waals surface area contributed by atoms with E-state index < -0.39 is 11.9 Å². The third-order valence-corrected chi connectivity index (χ3v) is 4.47. The van der Waals surface area contributed by atoms with Gasteiger partial charge in [-0.05, 0) is 61.7 Å². The Hall–Kier alpha value is -3.22. The summed E-state index contributed by atoms with van der Waals surface area (Å²) in [6.45, 7) is 5.36. The highest BCUT2D eigenvalue weighted by Gasteiger charge is 2.17. The number of amides is 1. The molecular formula is C21H23NO6. The van der Waals surface area contributed by atoms with Crippen LogP contribution in [0.15, 0.2) is 36.4 Å². The lowest BCUT2D eigenvalue weighted by atomic mass is 10.1. The Morgan fingerprint density at radius 1 is 1.04 bits per heavy atom. The van der Waals surface area contributed by atoms with Crippen LogP contribution in [0.25, 0.3) is 0 Å². The summed E-state index contributed by atoms with van der Waals surface area (Å²) in [4.78, 5) is 23.8. The second-order valence-electron chi connectivity index (χ2n) is 6.60. The van der Waals surface area contributed by atoms with E-state index in [1.54, 1.807) is 12.1 Å². The van der Waals surface area contributed by atoms with Crippen molar-refractivity contribution in [3.8, 4) is 17.2 Å². The van der Waals surface area contributed by atoms with E-state index in [2.05, 4.69) is 5.32 Å². The average molecular weight is 385 g/mol. The number of ether oxygens (including phenoxy) is 4. The fourth-order valence-corrected chi connectivity index (χ4v) is 2.68. The fourth-order valence-electron chi connectivity index (χ4n) is 2.68. The Morgan fingerprint density at radius 3 is 2.61 bits per heavy atom. The van der Waals surface area contributed by atoms with E-state index in [4.69, 9.17) is 18.9 Å². The first-order valence-electron chi connectivity index (χ1n) is 8.97. The van der Waals surface area contributed by atoms with Gasteiger partial charge in [0, 0.05) is 0 Å². The molecule has 0 bridgehead atoms. The van der Waals surface area contributed by atoms with Crippen molar-refractivity contribution in [2.24, 2.45) is 0 Å². The van der Waals surface area contributed by atoms with Gasteiger partial charge < -0.3 is 24.3 Å². The summed E-state index contributed by atoms with van der Waals surface area (Å²) >= 11 is 0. The summed E-state index contributed by atoms with van der Waals surface area (Å²) in [5.74, 6) is 0.906. The molecule has 0 unspecified atom stereocenters. The standard InChI is InChI=1S/C21H23NO6/c1-13-4-6-17(8-14(13)2)25-11-21(24)26-10-20(23)22-15(3)16-5-7-18-19(9-16)28-12-27-18/h4-9,15H,10-12H2,1-3H3,(H,22,23)/t15-/m0/s1. The molecule has 1 aliphatic rings. The van der Waals surface area contributed by atoms with Crippen molar-refractivity contribution < 1.29 is 28.5 Å². The zero-order valence-corrected chi connectivity index (χ0v) is 16.1. The molecule has 0 saturated heterocycles. The van der Waals surface area contributed by atoms with Crippen LogP contribution in [0, 0.1) is 13.8 Å². The molecule has 0 spiro atoms. The molecule has 1 aliphatic heterocycles. The van der Waals surface area contributed by atoms with Gasteiger partial charge in [0.05, 0.1) is 6.04 Å². The molecule has 2 aromatic carbocycles. The molecule has 0 aliphatic carbocycles. The van der Waals surface area contributed by atoms with Crippen molar-refractivity contribution in [1.82, 2.24) is 5.32 Å². The van der Waals surface area contributed by atoms with Crippen LogP contribution < -0.4 is 19.5 Å². The van der Waals surface area contributed by atoms with Gasteiger partial charge in [-0.25, -0.2) is 4.79 Å². The Balaban J connectivity index is 1.42. The Kier molecular flexibility index (Phi) is 6.03. The largest absolute Gasteiger partial charge is 0.482 e. The Morgan fingerprint density at radius 2 is 1.82 bits per heavy atom. The number of nitrogens with one attached hydrogen (secondary N) is 1. The van der Waals surface area contributed by atoms with Gasteiger partial charge in [0.25, 0.3) is 5.91 Å². The predicted molar refractivity (Wildman–Crippen MR) is 101 cm³/mol. The number of rotatable bonds is 7. The second kappa shape index (κ2) is 8.65. The quantitative estimate of drug-likeness (QED) is 0.738. The zero-order valence-electron chi connectivity index (χ0n) is 16.1. The van der Waals surface area contributed by atoms with E-state index in [0.29, 0.717) is 17.2 Å². The van der Waals surface area contributed by atoms with Crippen molar-refractivity contribution >= 4 is 11.9 Å². The predicted octanol–water partition coefficient (Wildman–Crippen LogP) is 2.83. The van der Waals surface area contributed by atoms with Crippen molar-refractivity contribution in [3.05, 3.63) is 53.1 Å². The summed E-state index contributed by atoms with van der Waals surface area (Å²) in [7, 11) is 0. The number of benzene rings is 2. The third kappa shape index (κ3) is 4.94. The highest BCUT2D eigenvalue weighted by atomic mass is 16.7. The maximum Gasteiger partial charge on any atom is 0.344 e. The first-order valence-corrected chi connectivity index (χ1v) is 8.97. The molecule has 148 valence electrons. The molecule has 1 heterocycles. The summed E-state index contributed by atoms with van der Waals surface area (Å²) in [6.07, 6.45) is 0. The maximum atomic E-state index is 12.0. The number of hydrogen-bond acceptors (Lipinski definition) is 6. The zero-order chi connectivity index (χ0) is 20.1. The van der Waals surface area contributed by atoms with E-state index in [-0.39, 0.29) is 26.0 Å². The van der Waals surface area contributed by atoms with Crippen LogP contribution in [0.2, 0.25) is 0 Å². The van der Waals surface area contributed by atoms with Gasteiger partial charge in [0.15, 0.2) is 24.7 Å². The molecule has 1 N–H and O–H groups in total. The highest BCUT2D eigenvalue weighted by molar-refractivity contribution is 5.81. The monoisotopic (exact) mass is 385 g/mol. The molecular weight excluding hydrogens is 362 g/mol. The van der Waals surface area contributed by atoms with E-state index in [0.717, 1.165) is 16.7 Å². The van der Waals surface area contributed by atoms with Gasteiger partial charge >= 0.3 is 5.97 Å². The molecule has 2 aromatic rings. The summed E-state index contributed by atoms with van der Waals surface area (Å²) in [5, 5.41) is 2.78. The van der Waals surface area contributed by atoms with E-state index >= 15 is 0 Å². The van der Waals surface area contributed by atoms with Crippen LogP contribution in [0.4, 0.5) is 0 Å². The lowest BCUT2D eigenvalue weighted by Gasteiger charge is -2.15. The van der Waals surface area contributed by atoms with E-state index in [1.165, 1.54) is 0 Å². The van der Waals surface area contributed by atoms with Gasteiger partial charge in [-0.15, -0.1) is 0 Å². The SMILES string of the molecule is Cc1ccc(OCC(=O)OCC(=O)N[C@@H](C)c2ccc3c(c2)OCO3)cc1C. The summed E-state index contributed by atoms with van der Waals surface area (Å²) in [6, 6.07) is 10.7. The molecule has 1 atom stereocenters. The second-order valence-corrected chi connectivity index (χ2v) is 6.60. The molecule has 0 radical (unpaired) electrons. The summed E-state index contributed by atoms with van der Waals surface area (Å²) in [5.41, 5.74) is 3.08. The number of carbonyl (C=O) groups is 2. The summed E-state index contributed by atoms with van der Waals surface area (Å²) < 4.78 is 21.0. The molecule has 7 heteroatoms. The molecule has 3 rings (SSSR count).